The van der Waals surface area contributed by atoms with Gasteiger partial charge in [0.2, 0.25) is 5.91 Å². The Labute approximate surface area is 91.8 Å². The van der Waals surface area contributed by atoms with Crippen LogP contribution in [0, 0.1) is 5.92 Å². The van der Waals surface area contributed by atoms with E-state index in [1.54, 1.807) is 0 Å². The summed E-state index contributed by atoms with van der Waals surface area (Å²) in [7, 11) is 1.86. The van der Waals surface area contributed by atoms with Crippen LogP contribution in [0.1, 0.15) is 26.7 Å². The van der Waals surface area contributed by atoms with Crippen LogP contribution >= 0.6 is 0 Å². The van der Waals surface area contributed by atoms with Gasteiger partial charge < -0.3 is 15.4 Å². The van der Waals surface area contributed by atoms with Crippen LogP contribution in [0.5, 0.6) is 0 Å². The summed E-state index contributed by atoms with van der Waals surface area (Å²) in [6, 6.07) is 0. The Morgan fingerprint density at radius 3 is 2.60 bits per heavy atom. The number of carbonyl (C=O) groups excluding carboxylic acids is 1. The first-order valence-electron chi connectivity index (χ1n) is 5.62. The van der Waals surface area contributed by atoms with Gasteiger partial charge in [0.25, 0.3) is 0 Å². The molecule has 1 fully saturated rings. The molecule has 1 amide bonds. The maximum absolute atomic E-state index is 11.8. The summed E-state index contributed by atoms with van der Waals surface area (Å²) in [6.07, 6.45) is 1.82. The van der Waals surface area contributed by atoms with Crippen LogP contribution in [0.3, 0.4) is 0 Å². The smallest absolute Gasteiger partial charge is 0.224 e. The maximum Gasteiger partial charge on any atom is 0.224 e. The van der Waals surface area contributed by atoms with Crippen molar-refractivity contribution in [2.45, 2.75) is 32.2 Å². The molecular formula is C11H22N2O2. The van der Waals surface area contributed by atoms with E-state index in [4.69, 9.17) is 4.74 Å². The number of nitrogens with one attached hydrogen (secondary N) is 2. The largest absolute Gasteiger partial charge is 0.381 e. The highest BCUT2D eigenvalue weighted by Gasteiger charge is 2.30. The van der Waals surface area contributed by atoms with E-state index in [0.29, 0.717) is 0 Å². The third kappa shape index (κ3) is 3.80. The summed E-state index contributed by atoms with van der Waals surface area (Å²) in [5, 5.41) is 6.13. The highest BCUT2D eigenvalue weighted by molar-refractivity contribution is 5.79. The molecule has 1 heterocycles. The molecule has 0 aromatic carbocycles. The minimum Gasteiger partial charge on any atom is -0.381 e. The highest BCUT2D eigenvalue weighted by atomic mass is 16.5. The van der Waals surface area contributed by atoms with E-state index in [-0.39, 0.29) is 17.4 Å². The molecule has 4 heteroatoms. The van der Waals surface area contributed by atoms with Crippen molar-refractivity contribution in [2.75, 3.05) is 26.8 Å². The van der Waals surface area contributed by atoms with Crippen LogP contribution < -0.4 is 10.6 Å². The standard InChI is InChI=1S/C11H22N2O2/c1-9(8-12-3)10(14)13-11(2)4-6-15-7-5-11/h9,12H,4-8H2,1-3H3,(H,13,14). The Bertz CT molecular complexity index is 213. The zero-order valence-corrected chi connectivity index (χ0v) is 9.93. The molecule has 0 spiro atoms. The molecule has 15 heavy (non-hydrogen) atoms. The third-order valence-corrected chi connectivity index (χ3v) is 2.98. The summed E-state index contributed by atoms with van der Waals surface area (Å²) in [4.78, 5) is 11.8. The average Bonchev–Trinajstić information content (AvgIpc) is 2.18. The molecule has 4 nitrogen and oxygen atoms in total. The molecule has 1 saturated heterocycles. The van der Waals surface area contributed by atoms with Crippen LogP contribution in [0.2, 0.25) is 0 Å². The third-order valence-electron chi connectivity index (χ3n) is 2.98. The van der Waals surface area contributed by atoms with E-state index >= 15 is 0 Å². The molecule has 1 unspecified atom stereocenters. The lowest BCUT2D eigenvalue weighted by Gasteiger charge is -2.35. The maximum atomic E-state index is 11.8. The van der Waals surface area contributed by atoms with Crippen LogP contribution in [0.25, 0.3) is 0 Å². The number of amides is 1. The molecule has 2 N–H and O–H groups in total. The lowest BCUT2D eigenvalue weighted by atomic mass is 9.91. The second kappa shape index (κ2) is 5.47. The number of hydrogen-bond acceptors (Lipinski definition) is 3. The van der Waals surface area contributed by atoms with Gasteiger partial charge in [0.15, 0.2) is 0 Å². The zero-order valence-electron chi connectivity index (χ0n) is 9.93. The first-order chi connectivity index (χ1) is 7.07. The van der Waals surface area contributed by atoms with E-state index in [1.165, 1.54) is 0 Å². The Hall–Kier alpha value is -0.610. The Balaban J connectivity index is 2.41. The number of hydrogen-bond donors (Lipinski definition) is 2. The van der Waals surface area contributed by atoms with Crippen LogP contribution in [0.4, 0.5) is 0 Å². The van der Waals surface area contributed by atoms with Crippen molar-refractivity contribution in [3.63, 3.8) is 0 Å². The van der Waals surface area contributed by atoms with Crippen molar-refractivity contribution in [1.29, 1.82) is 0 Å². The lowest BCUT2D eigenvalue weighted by Crippen LogP contribution is -2.52. The van der Waals surface area contributed by atoms with Gasteiger partial charge in [0.05, 0.1) is 0 Å². The van der Waals surface area contributed by atoms with E-state index in [1.807, 2.05) is 14.0 Å². The van der Waals surface area contributed by atoms with Crippen LogP contribution in [0.15, 0.2) is 0 Å². The fourth-order valence-electron chi connectivity index (χ4n) is 1.77. The van der Waals surface area contributed by atoms with Gasteiger partial charge in [-0.3, -0.25) is 4.79 Å². The van der Waals surface area contributed by atoms with Crippen molar-refractivity contribution in [3.05, 3.63) is 0 Å². The van der Waals surface area contributed by atoms with Crippen molar-refractivity contribution in [3.8, 4) is 0 Å². The first kappa shape index (κ1) is 12.5. The van der Waals surface area contributed by atoms with E-state index in [0.717, 1.165) is 32.6 Å². The first-order valence-corrected chi connectivity index (χ1v) is 5.62. The molecule has 1 aliphatic rings. The molecule has 0 aromatic rings. The summed E-state index contributed by atoms with van der Waals surface area (Å²) in [5.41, 5.74) is -0.0721. The Kier molecular flexibility index (Phi) is 4.54. The fourth-order valence-corrected chi connectivity index (χ4v) is 1.77. The Morgan fingerprint density at radius 1 is 1.47 bits per heavy atom. The van der Waals surface area contributed by atoms with Gasteiger partial charge in [-0.1, -0.05) is 6.92 Å². The van der Waals surface area contributed by atoms with Gasteiger partial charge in [-0.15, -0.1) is 0 Å². The molecule has 0 aliphatic carbocycles. The lowest BCUT2D eigenvalue weighted by molar-refractivity contribution is -0.127. The number of rotatable bonds is 4. The van der Waals surface area contributed by atoms with Gasteiger partial charge in [-0.2, -0.15) is 0 Å². The molecule has 0 saturated carbocycles. The van der Waals surface area contributed by atoms with Crippen molar-refractivity contribution in [2.24, 2.45) is 5.92 Å². The van der Waals surface area contributed by atoms with E-state index in [2.05, 4.69) is 17.6 Å². The van der Waals surface area contributed by atoms with Crippen molar-refractivity contribution >= 4 is 5.91 Å². The molecule has 1 rings (SSSR count). The quantitative estimate of drug-likeness (QED) is 0.717. The summed E-state index contributed by atoms with van der Waals surface area (Å²) in [5.74, 6) is 0.156. The van der Waals surface area contributed by atoms with Crippen molar-refractivity contribution < 1.29 is 9.53 Å². The zero-order chi connectivity index (χ0) is 11.3. The molecule has 0 bridgehead atoms. The second-order valence-electron chi connectivity index (χ2n) is 4.62. The topological polar surface area (TPSA) is 50.4 Å². The van der Waals surface area contributed by atoms with Crippen molar-refractivity contribution in [1.82, 2.24) is 10.6 Å². The second-order valence-corrected chi connectivity index (χ2v) is 4.62. The van der Waals surface area contributed by atoms with Gasteiger partial charge in [-0.05, 0) is 26.8 Å². The summed E-state index contributed by atoms with van der Waals surface area (Å²) in [6.45, 7) is 6.25. The number of ether oxygens (including phenoxy) is 1. The highest BCUT2D eigenvalue weighted by Crippen LogP contribution is 2.20. The Morgan fingerprint density at radius 2 is 2.07 bits per heavy atom. The van der Waals surface area contributed by atoms with E-state index < -0.39 is 0 Å². The molecular weight excluding hydrogens is 192 g/mol. The monoisotopic (exact) mass is 214 g/mol. The van der Waals surface area contributed by atoms with Gasteiger partial charge in [0.1, 0.15) is 0 Å². The molecule has 1 aliphatic heterocycles. The minimum absolute atomic E-state index is 0.0228. The summed E-state index contributed by atoms with van der Waals surface area (Å²) >= 11 is 0. The predicted molar refractivity (Wildman–Crippen MR) is 59.7 cm³/mol. The van der Waals surface area contributed by atoms with Gasteiger partial charge in [-0.25, -0.2) is 0 Å². The minimum atomic E-state index is -0.0721. The summed E-state index contributed by atoms with van der Waals surface area (Å²) < 4.78 is 5.29. The molecule has 88 valence electrons. The molecule has 1 atom stereocenters. The molecule has 0 radical (unpaired) electrons. The molecule has 0 aromatic heterocycles. The number of carbonyl (C=O) groups is 1. The van der Waals surface area contributed by atoms with Gasteiger partial charge in [0, 0.05) is 31.2 Å². The van der Waals surface area contributed by atoms with Crippen LogP contribution in [-0.4, -0.2) is 38.3 Å². The fraction of sp³-hybridized carbons (Fsp3) is 0.909. The average molecular weight is 214 g/mol. The van der Waals surface area contributed by atoms with E-state index in [9.17, 15) is 4.79 Å². The predicted octanol–water partition coefficient (Wildman–Crippen LogP) is 0.527. The van der Waals surface area contributed by atoms with Crippen LogP contribution in [-0.2, 0) is 9.53 Å². The van der Waals surface area contributed by atoms with Gasteiger partial charge >= 0.3 is 0 Å². The normalized spacial score (nSPS) is 22.1. The SMILES string of the molecule is CNCC(C)C(=O)NC1(C)CCOCC1.